The number of aliphatic imine (C=N–C) groups is 1. The van der Waals surface area contributed by atoms with Crippen molar-refractivity contribution in [2.75, 3.05) is 33.0 Å². The summed E-state index contributed by atoms with van der Waals surface area (Å²) in [5.74, 6) is -0.228. The van der Waals surface area contributed by atoms with Gasteiger partial charge in [-0.3, -0.25) is 4.99 Å². The minimum Gasteiger partial charge on any atom is -0.508 e. The third-order valence-corrected chi connectivity index (χ3v) is 7.26. The molecule has 0 aliphatic carbocycles. The number of rotatable bonds is 7. The Labute approximate surface area is 204 Å². The highest BCUT2D eigenvalue weighted by Crippen LogP contribution is 2.34. The molecule has 1 saturated heterocycles. The Balaban J connectivity index is 1.50. The standard InChI is InChI=1S/C28H34FN2O2P/c1-4-31-11-7-10-28(3,16-31)17-33-18-30-19(2)21-13-25(29)27(26(34)14-21)24-15-22(32)12-20-8-5-6-9-23(20)24/h5-6,8-9,12-15,32H,4,7,10-11,16-18,34H2,1-3H3/b30-19-. The average molecular weight is 481 g/mol. The van der Waals surface area contributed by atoms with Gasteiger partial charge >= 0.3 is 0 Å². The van der Waals surface area contributed by atoms with E-state index in [4.69, 9.17) is 4.74 Å². The Morgan fingerprint density at radius 2 is 2.03 bits per heavy atom. The van der Waals surface area contributed by atoms with Gasteiger partial charge in [0, 0.05) is 23.2 Å². The number of halogens is 1. The normalized spacial score (nSPS) is 19.6. The lowest BCUT2D eigenvalue weighted by molar-refractivity contribution is 0.00762. The largest absolute Gasteiger partial charge is 0.508 e. The van der Waals surface area contributed by atoms with E-state index in [2.05, 4.69) is 33.0 Å². The van der Waals surface area contributed by atoms with E-state index in [1.165, 1.54) is 25.5 Å². The van der Waals surface area contributed by atoms with E-state index in [1.807, 2.05) is 37.3 Å². The van der Waals surface area contributed by atoms with Crippen LogP contribution in [0.5, 0.6) is 5.75 Å². The summed E-state index contributed by atoms with van der Waals surface area (Å²) in [4.78, 5) is 7.04. The van der Waals surface area contributed by atoms with Crippen LogP contribution >= 0.6 is 9.24 Å². The van der Waals surface area contributed by atoms with E-state index in [0.717, 1.165) is 40.4 Å². The highest BCUT2D eigenvalue weighted by molar-refractivity contribution is 7.28. The predicted molar refractivity (Wildman–Crippen MR) is 143 cm³/mol. The van der Waals surface area contributed by atoms with Gasteiger partial charge in [0.25, 0.3) is 0 Å². The molecule has 0 aromatic heterocycles. The number of aromatic hydroxyl groups is 1. The predicted octanol–water partition coefficient (Wildman–Crippen LogP) is 5.76. The molecule has 0 saturated carbocycles. The first kappa shape index (κ1) is 24.8. The van der Waals surface area contributed by atoms with Crippen molar-refractivity contribution in [3.63, 3.8) is 0 Å². The van der Waals surface area contributed by atoms with Gasteiger partial charge in [0.05, 0.1) is 6.61 Å². The second-order valence-corrected chi connectivity index (χ2v) is 10.3. The first-order valence-corrected chi connectivity index (χ1v) is 12.5. The van der Waals surface area contributed by atoms with E-state index in [-0.39, 0.29) is 23.7 Å². The van der Waals surface area contributed by atoms with E-state index < -0.39 is 0 Å². The third-order valence-electron chi connectivity index (χ3n) is 6.81. The average Bonchev–Trinajstić information content (AvgIpc) is 2.81. The molecule has 3 aromatic rings. The molecule has 180 valence electrons. The Morgan fingerprint density at radius 1 is 1.24 bits per heavy atom. The Morgan fingerprint density at radius 3 is 2.79 bits per heavy atom. The topological polar surface area (TPSA) is 45.1 Å². The number of fused-ring (bicyclic) bond motifs is 1. The molecule has 0 amide bonds. The first-order valence-electron chi connectivity index (χ1n) is 11.9. The molecular formula is C28H34FN2O2P. The van der Waals surface area contributed by atoms with Crippen LogP contribution in [0, 0.1) is 11.2 Å². The fourth-order valence-corrected chi connectivity index (χ4v) is 5.44. The number of likely N-dealkylation sites (tertiary alicyclic amines) is 1. The molecule has 2 atom stereocenters. The quantitative estimate of drug-likeness (QED) is 0.266. The molecule has 6 heteroatoms. The maximum Gasteiger partial charge on any atom is 0.137 e. The SMILES string of the molecule is CCN1CCCC(C)(COC/N=C(/C)c2cc(F)c(-c3cc(O)cc4ccccc34)c(P)c2)C1. The van der Waals surface area contributed by atoms with Gasteiger partial charge in [-0.05, 0) is 84.3 Å². The number of phenolic OH excluding ortho intramolecular Hbond substituents is 1. The second-order valence-electron chi connectivity index (χ2n) is 9.64. The summed E-state index contributed by atoms with van der Waals surface area (Å²) >= 11 is 0. The van der Waals surface area contributed by atoms with Crippen molar-refractivity contribution in [1.29, 1.82) is 0 Å². The van der Waals surface area contributed by atoms with E-state index in [9.17, 15) is 5.11 Å². The van der Waals surface area contributed by atoms with Gasteiger partial charge in [-0.25, -0.2) is 4.39 Å². The van der Waals surface area contributed by atoms with Crippen molar-refractivity contribution < 1.29 is 14.2 Å². The number of hydrogen-bond donors (Lipinski definition) is 1. The zero-order valence-corrected chi connectivity index (χ0v) is 21.4. The highest BCUT2D eigenvalue weighted by atomic mass is 31.0. The van der Waals surface area contributed by atoms with Crippen LogP contribution in [0.25, 0.3) is 21.9 Å². The zero-order valence-electron chi connectivity index (χ0n) is 20.3. The van der Waals surface area contributed by atoms with Crippen molar-refractivity contribution in [3.8, 4) is 16.9 Å². The fourth-order valence-electron chi connectivity index (χ4n) is 4.96. The van der Waals surface area contributed by atoms with Gasteiger partial charge in [-0.1, -0.05) is 38.1 Å². The lowest BCUT2D eigenvalue weighted by Gasteiger charge is -2.39. The zero-order chi connectivity index (χ0) is 24.3. The molecule has 4 nitrogen and oxygen atoms in total. The minimum atomic E-state index is -0.344. The lowest BCUT2D eigenvalue weighted by Crippen LogP contribution is -2.43. The third kappa shape index (κ3) is 5.49. The summed E-state index contributed by atoms with van der Waals surface area (Å²) in [6, 6.07) is 14.4. The molecule has 1 fully saturated rings. The summed E-state index contributed by atoms with van der Waals surface area (Å²) in [6.07, 6.45) is 2.37. The Hall–Kier alpha value is -2.33. The summed E-state index contributed by atoms with van der Waals surface area (Å²) in [5, 5.41) is 12.7. The van der Waals surface area contributed by atoms with Crippen LogP contribution in [0.2, 0.25) is 0 Å². The van der Waals surface area contributed by atoms with Gasteiger partial charge in [-0.2, -0.15) is 0 Å². The minimum absolute atomic E-state index is 0.116. The number of phenols is 1. The molecule has 1 N–H and O–H groups in total. The fraction of sp³-hybridized carbons (Fsp3) is 0.393. The van der Waals surface area contributed by atoms with Crippen LogP contribution in [0.15, 0.2) is 53.5 Å². The van der Waals surface area contributed by atoms with Crippen LogP contribution in [-0.2, 0) is 4.74 Å². The monoisotopic (exact) mass is 480 g/mol. The summed E-state index contributed by atoms with van der Waals surface area (Å²) < 4.78 is 21.3. The molecule has 1 aliphatic rings. The van der Waals surface area contributed by atoms with E-state index in [0.29, 0.717) is 17.7 Å². The van der Waals surface area contributed by atoms with Gasteiger partial charge in [0.2, 0.25) is 0 Å². The van der Waals surface area contributed by atoms with Gasteiger partial charge in [0.1, 0.15) is 18.3 Å². The van der Waals surface area contributed by atoms with Crippen molar-refractivity contribution in [2.24, 2.45) is 10.4 Å². The maximum atomic E-state index is 15.4. The van der Waals surface area contributed by atoms with Crippen LogP contribution in [0.4, 0.5) is 4.39 Å². The van der Waals surface area contributed by atoms with Crippen LogP contribution < -0.4 is 5.30 Å². The van der Waals surface area contributed by atoms with E-state index in [1.54, 1.807) is 12.1 Å². The Kier molecular flexibility index (Phi) is 7.67. The molecule has 34 heavy (non-hydrogen) atoms. The van der Waals surface area contributed by atoms with E-state index >= 15 is 4.39 Å². The number of ether oxygens (including phenoxy) is 1. The highest BCUT2D eigenvalue weighted by Gasteiger charge is 2.30. The molecule has 0 radical (unpaired) electrons. The maximum absolute atomic E-state index is 15.4. The first-order chi connectivity index (χ1) is 16.3. The van der Waals surface area contributed by atoms with Crippen LogP contribution in [-0.4, -0.2) is 48.7 Å². The smallest absolute Gasteiger partial charge is 0.137 e. The lowest BCUT2D eigenvalue weighted by atomic mass is 9.83. The van der Waals surface area contributed by atoms with Crippen molar-refractivity contribution in [3.05, 3.63) is 59.9 Å². The van der Waals surface area contributed by atoms with Gasteiger partial charge in [0.15, 0.2) is 0 Å². The molecule has 1 aliphatic heterocycles. The molecule has 0 bridgehead atoms. The van der Waals surface area contributed by atoms with Gasteiger partial charge < -0.3 is 14.7 Å². The van der Waals surface area contributed by atoms with Crippen molar-refractivity contribution in [1.82, 2.24) is 4.90 Å². The number of benzene rings is 3. The molecule has 0 spiro atoms. The second kappa shape index (κ2) is 10.5. The summed E-state index contributed by atoms with van der Waals surface area (Å²) in [6.45, 7) is 10.6. The number of nitrogens with zero attached hydrogens (tertiary/aromatic N) is 2. The molecular weight excluding hydrogens is 446 g/mol. The number of piperidine rings is 1. The summed E-state index contributed by atoms with van der Waals surface area (Å²) in [7, 11) is 2.63. The number of hydrogen-bond acceptors (Lipinski definition) is 4. The molecule has 3 aromatic carbocycles. The molecule has 2 unspecified atom stereocenters. The van der Waals surface area contributed by atoms with Crippen molar-refractivity contribution in [2.45, 2.75) is 33.6 Å². The van der Waals surface area contributed by atoms with Crippen LogP contribution in [0.3, 0.4) is 0 Å². The van der Waals surface area contributed by atoms with Gasteiger partial charge in [-0.15, -0.1) is 9.24 Å². The van der Waals surface area contributed by atoms with Crippen LogP contribution in [0.1, 0.15) is 39.2 Å². The molecule has 4 rings (SSSR count). The molecule has 1 heterocycles. The van der Waals surface area contributed by atoms with Crippen molar-refractivity contribution >= 4 is 31.0 Å². The summed E-state index contributed by atoms with van der Waals surface area (Å²) in [5.41, 5.74) is 2.75. The Bertz CT molecular complexity index is 1190.